The molecular weight excluding hydrogens is 242 g/mol. The second kappa shape index (κ2) is 6.14. The van der Waals surface area contributed by atoms with Gasteiger partial charge in [-0.2, -0.15) is 0 Å². The summed E-state index contributed by atoms with van der Waals surface area (Å²) >= 11 is 1.29. The summed E-state index contributed by atoms with van der Waals surface area (Å²) in [5.41, 5.74) is 0. The molecule has 2 N–H and O–H groups in total. The van der Waals surface area contributed by atoms with Gasteiger partial charge in [-0.1, -0.05) is 11.3 Å². The molecule has 8 heteroatoms. The van der Waals surface area contributed by atoms with E-state index < -0.39 is 0 Å². The molecule has 17 heavy (non-hydrogen) atoms. The molecule has 0 saturated carbocycles. The number of carbonyl (C=O) groups is 2. The number of aromatic nitrogens is 2. The van der Waals surface area contributed by atoms with E-state index in [1.54, 1.807) is 21.0 Å². The molecule has 0 bridgehead atoms. The smallest absolute Gasteiger partial charge is 0.321 e. The van der Waals surface area contributed by atoms with E-state index in [0.29, 0.717) is 11.7 Å². The van der Waals surface area contributed by atoms with E-state index in [-0.39, 0.29) is 18.4 Å². The normalized spacial score (nSPS) is 9.82. The Bertz CT molecular complexity index is 404. The van der Waals surface area contributed by atoms with Gasteiger partial charge in [0.05, 0.1) is 0 Å². The Labute approximate surface area is 103 Å². The van der Waals surface area contributed by atoms with Gasteiger partial charge in [-0.05, 0) is 6.92 Å². The molecule has 0 radical (unpaired) electrons. The van der Waals surface area contributed by atoms with Gasteiger partial charge in [-0.25, -0.2) is 4.79 Å². The van der Waals surface area contributed by atoms with Crippen molar-refractivity contribution in [1.82, 2.24) is 20.4 Å². The highest BCUT2D eigenvalue weighted by Crippen LogP contribution is 2.12. The SMILES string of the molecule is Cc1nnc(NC(=O)NCCC(=O)N(C)C)s1. The van der Waals surface area contributed by atoms with E-state index in [9.17, 15) is 9.59 Å². The van der Waals surface area contributed by atoms with Crippen molar-refractivity contribution in [2.75, 3.05) is 26.0 Å². The average molecular weight is 257 g/mol. The third-order valence-corrected chi connectivity index (χ3v) is 2.62. The highest BCUT2D eigenvalue weighted by molar-refractivity contribution is 7.15. The molecule has 3 amide bonds. The summed E-state index contributed by atoms with van der Waals surface area (Å²) in [5, 5.41) is 13.8. The molecule has 0 saturated heterocycles. The summed E-state index contributed by atoms with van der Waals surface area (Å²) in [5.74, 6) is -0.0305. The largest absolute Gasteiger partial charge is 0.349 e. The number of urea groups is 1. The maximum atomic E-state index is 11.4. The maximum Gasteiger partial charge on any atom is 0.321 e. The van der Waals surface area contributed by atoms with Crippen LogP contribution in [0.15, 0.2) is 0 Å². The van der Waals surface area contributed by atoms with Crippen molar-refractivity contribution in [3.05, 3.63) is 5.01 Å². The van der Waals surface area contributed by atoms with Crippen LogP contribution in [0.1, 0.15) is 11.4 Å². The fourth-order valence-electron chi connectivity index (χ4n) is 0.995. The van der Waals surface area contributed by atoms with Crippen LogP contribution in [0.4, 0.5) is 9.93 Å². The molecule has 0 aliphatic rings. The molecule has 1 rings (SSSR count). The Morgan fingerprint density at radius 2 is 2.06 bits per heavy atom. The van der Waals surface area contributed by atoms with Crippen LogP contribution in [0.5, 0.6) is 0 Å². The van der Waals surface area contributed by atoms with Crippen LogP contribution in [0.3, 0.4) is 0 Å². The van der Waals surface area contributed by atoms with Gasteiger partial charge in [0.15, 0.2) is 0 Å². The third kappa shape index (κ3) is 4.77. The van der Waals surface area contributed by atoms with E-state index in [1.165, 1.54) is 16.2 Å². The van der Waals surface area contributed by atoms with Crippen molar-refractivity contribution in [2.45, 2.75) is 13.3 Å². The quantitative estimate of drug-likeness (QED) is 0.819. The van der Waals surface area contributed by atoms with E-state index in [1.807, 2.05) is 0 Å². The van der Waals surface area contributed by atoms with Gasteiger partial charge in [0.2, 0.25) is 11.0 Å². The Balaban J connectivity index is 2.24. The summed E-state index contributed by atoms with van der Waals surface area (Å²) in [6, 6.07) is -0.382. The van der Waals surface area contributed by atoms with Crippen LogP contribution in [0.25, 0.3) is 0 Å². The van der Waals surface area contributed by atoms with Gasteiger partial charge in [-0.15, -0.1) is 10.2 Å². The van der Waals surface area contributed by atoms with Crippen LogP contribution in [0, 0.1) is 6.92 Å². The molecule has 0 aliphatic heterocycles. The fraction of sp³-hybridized carbons (Fsp3) is 0.556. The number of hydrogen-bond donors (Lipinski definition) is 2. The number of anilines is 1. The summed E-state index contributed by atoms with van der Waals surface area (Å²) in [7, 11) is 3.35. The van der Waals surface area contributed by atoms with Crippen LogP contribution < -0.4 is 10.6 Å². The average Bonchev–Trinajstić information content (AvgIpc) is 2.63. The Kier molecular flexibility index (Phi) is 4.83. The number of carbonyl (C=O) groups excluding carboxylic acids is 2. The van der Waals surface area contributed by atoms with Crippen LogP contribution in [0.2, 0.25) is 0 Å². The first-order chi connectivity index (χ1) is 7.99. The molecule has 0 aromatic carbocycles. The summed E-state index contributed by atoms with van der Waals surface area (Å²) in [6.45, 7) is 2.09. The minimum absolute atomic E-state index is 0.0305. The molecule has 1 aromatic heterocycles. The lowest BCUT2D eigenvalue weighted by atomic mass is 10.4. The molecule has 94 valence electrons. The minimum Gasteiger partial charge on any atom is -0.349 e. The first kappa shape index (κ1) is 13.4. The topological polar surface area (TPSA) is 87.2 Å². The van der Waals surface area contributed by atoms with Gasteiger partial charge in [0.1, 0.15) is 5.01 Å². The van der Waals surface area contributed by atoms with Crippen molar-refractivity contribution in [1.29, 1.82) is 0 Å². The predicted octanol–water partition coefficient (Wildman–Crippen LogP) is 0.446. The number of hydrogen-bond acceptors (Lipinski definition) is 5. The number of rotatable bonds is 4. The zero-order valence-electron chi connectivity index (χ0n) is 9.98. The van der Waals surface area contributed by atoms with Crippen LogP contribution in [-0.2, 0) is 4.79 Å². The maximum absolute atomic E-state index is 11.4. The van der Waals surface area contributed by atoms with Crippen molar-refractivity contribution in [3.8, 4) is 0 Å². The van der Waals surface area contributed by atoms with E-state index >= 15 is 0 Å². The Hall–Kier alpha value is -1.70. The molecule has 0 spiro atoms. The molecule has 1 heterocycles. The number of nitrogens with zero attached hydrogens (tertiary/aromatic N) is 3. The second-order valence-electron chi connectivity index (χ2n) is 3.55. The summed E-state index contributed by atoms with van der Waals surface area (Å²) < 4.78 is 0. The van der Waals surface area contributed by atoms with Crippen molar-refractivity contribution < 1.29 is 9.59 Å². The third-order valence-electron chi connectivity index (χ3n) is 1.87. The first-order valence-corrected chi connectivity index (χ1v) is 5.86. The summed E-state index contributed by atoms with van der Waals surface area (Å²) in [4.78, 5) is 24.1. The minimum atomic E-state index is -0.382. The van der Waals surface area contributed by atoms with Gasteiger partial charge >= 0.3 is 6.03 Å². The van der Waals surface area contributed by atoms with Crippen LogP contribution in [-0.4, -0.2) is 47.7 Å². The zero-order valence-corrected chi connectivity index (χ0v) is 10.8. The Morgan fingerprint density at radius 1 is 1.35 bits per heavy atom. The lowest BCUT2D eigenvalue weighted by Crippen LogP contribution is -2.33. The fourth-order valence-corrected chi connectivity index (χ4v) is 1.58. The molecule has 0 aliphatic carbocycles. The van der Waals surface area contributed by atoms with Crippen molar-refractivity contribution in [3.63, 3.8) is 0 Å². The van der Waals surface area contributed by atoms with Gasteiger partial charge in [-0.3, -0.25) is 10.1 Å². The van der Waals surface area contributed by atoms with Gasteiger partial charge < -0.3 is 10.2 Å². The van der Waals surface area contributed by atoms with E-state index in [0.717, 1.165) is 5.01 Å². The number of aryl methyl sites for hydroxylation is 1. The standard InChI is InChI=1S/C9H15N5O2S/c1-6-12-13-9(17-6)11-8(16)10-5-4-7(15)14(2)3/h4-5H2,1-3H3,(H2,10,11,13,16). The molecular formula is C9H15N5O2S. The van der Waals surface area contributed by atoms with Gasteiger partial charge in [0, 0.05) is 27.1 Å². The molecule has 0 fully saturated rings. The zero-order chi connectivity index (χ0) is 12.8. The molecule has 0 atom stereocenters. The molecule has 7 nitrogen and oxygen atoms in total. The Morgan fingerprint density at radius 3 is 2.59 bits per heavy atom. The lowest BCUT2D eigenvalue weighted by Gasteiger charge is -2.10. The first-order valence-electron chi connectivity index (χ1n) is 5.04. The van der Waals surface area contributed by atoms with E-state index in [2.05, 4.69) is 20.8 Å². The number of nitrogens with one attached hydrogen (secondary N) is 2. The van der Waals surface area contributed by atoms with Gasteiger partial charge in [0.25, 0.3) is 0 Å². The second-order valence-corrected chi connectivity index (χ2v) is 4.73. The highest BCUT2D eigenvalue weighted by atomic mass is 32.1. The molecule has 1 aromatic rings. The number of amides is 3. The van der Waals surface area contributed by atoms with Crippen molar-refractivity contribution in [2.24, 2.45) is 0 Å². The highest BCUT2D eigenvalue weighted by Gasteiger charge is 2.07. The predicted molar refractivity (Wildman–Crippen MR) is 65.0 cm³/mol. The van der Waals surface area contributed by atoms with E-state index in [4.69, 9.17) is 0 Å². The van der Waals surface area contributed by atoms with Crippen molar-refractivity contribution >= 4 is 28.4 Å². The van der Waals surface area contributed by atoms with Crippen LogP contribution >= 0.6 is 11.3 Å². The lowest BCUT2D eigenvalue weighted by molar-refractivity contribution is -0.128. The summed E-state index contributed by atoms with van der Waals surface area (Å²) in [6.07, 6.45) is 0.273. The molecule has 0 unspecified atom stereocenters. The monoisotopic (exact) mass is 257 g/mol.